The van der Waals surface area contributed by atoms with Crippen molar-refractivity contribution in [2.24, 2.45) is 0 Å². The van der Waals surface area contributed by atoms with E-state index in [-0.39, 0.29) is 29.8 Å². The van der Waals surface area contributed by atoms with Crippen LogP contribution in [-0.2, 0) is 10.0 Å². The summed E-state index contributed by atoms with van der Waals surface area (Å²) in [5, 5.41) is 18.0. The predicted octanol–water partition coefficient (Wildman–Crippen LogP) is 0.489. The molecule has 1 N–H and O–H groups in total. The van der Waals surface area contributed by atoms with Crippen molar-refractivity contribution in [1.82, 2.24) is 9.29 Å². The number of nitrogens with zero attached hydrogens (tertiary/aromatic N) is 3. The average Bonchev–Trinajstić information content (AvgIpc) is 2.36. The van der Waals surface area contributed by atoms with Gasteiger partial charge in [0.15, 0.2) is 5.69 Å². The molecule has 19 heavy (non-hydrogen) atoms. The van der Waals surface area contributed by atoms with E-state index in [0.717, 1.165) is 19.3 Å². The molecule has 1 heterocycles. The van der Waals surface area contributed by atoms with Crippen molar-refractivity contribution < 1.29 is 13.5 Å². The number of sulfonamides is 1. The second-order valence-corrected chi connectivity index (χ2v) is 6.25. The Morgan fingerprint density at radius 2 is 2.26 bits per heavy atom. The van der Waals surface area contributed by atoms with Gasteiger partial charge in [-0.15, -0.1) is 0 Å². The molecule has 6 nitrogen and oxygen atoms in total. The molecule has 2 rings (SSSR count). The molecule has 102 valence electrons. The van der Waals surface area contributed by atoms with Gasteiger partial charge in [0.25, 0.3) is 0 Å². The van der Waals surface area contributed by atoms with E-state index >= 15 is 0 Å². The summed E-state index contributed by atoms with van der Waals surface area (Å²) >= 11 is 0. The Morgan fingerprint density at radius 1 is 1.53 bits per heavy atom. The number of aliphatic hydroxyl groups excluding tert-OH is 1. The third-order valence-corrected chi connectivity index (χ3v) is 5.25. The summed E-state index contributed by atoms with van der Waals surface area (Å²) in [6, 6.07) is 4.59. The van der Waals surface area contributed by atoms with Gasteiger partial charge in [-0.05, 0) is 25.0 Å². The summed E-state index contributed by atoms with van der Waals surface area (Å²) in [5.41, 5.74) is -0.107. The molecule has 7 heteroatoms. The van der Waals surface area contributed by atoms with E-state index in [2.05, 4.69) is 4.98 Å². The van der Waals surface area contributed by atoms with E-state index in [0.29, 0.717) is 0 Å². The third kappa shape index (κ3) is 2.61. The van der Waals surface area contributed by atoms with Crippen LogP contribution in [0.25, 0.3) is 0 Å². The predicted molar refractivity (Wildman–Crippen MR) is 67.6 cm³/mol. The van der Waals surface area contributed by atoms with E-state index in [4.69, 9.17) is 10.4 Å². The fourth-order valence-electron chi connectivity index (χ4n) is 2.08. The van der Waals surface area contributed by atoms with Crippen LogP contribution in [-0.4, -0.2) is 42.0 Å². The van der Waals surface area contributed by atoms with Crippen LogP contribution in [0.4, 0.5) is 0 Å². The minimum Gasteiger partial charge on any atom is -0.395 e. The summed E-state index contributed by atoms with van der Waals surface area (Å²) in [4.78, 5) is 3.69. The zero-order chi connectivity index (χ0) is 13.9. The van der Waals surface area contributed by atoms with Crippen LogP contribution >= 0.6 is 0 Å². The highest BCUT2D eigenvalue weighted by molar-refractivity contribution is 7.89. The van der Waals surface area contributed by atoms with Gasteiger partial charge < -0.3 is 5.11 Å². The molecule has 0 atom stereocenters. The molecule has 1 aliphatic rings. The number of hydrogen-bond donors (Lipinski definition) is 1. The van der Waals surface area contributed by atoms with E-state index in [1.54, 1.807) is 6.07 Å². The monoisotopic (exact) mass is 281 g/mol. The van der Waals surface area contributed by atoms with Gasteiger partial charge in [0.1, 0.15) is 11.0 Å². The topological polar surface area (TPSA) is 94.3 Å². The Bertz CT molecular complexity index is 590. The number of rotatable bonds is 5. The van der Waals surface area contributed by atoms with E-state index in [1.165, 1.54) is 22.6 Å². The van der Waals surface area contributed by atoms with Crippen molar-refractivity contribution in [1.29, 1.82) is 5.26 Å². The first-order chi connectivity index (χ1) is 9.11. The van der Waals surface area contributed by atoms with Crippen LogP contribution in [0.2, 0.25) is 0 Å². The molecular formula is C12H15N3O3S. The number of nitriles is 1. The van der Waals surface area contributed by atoms with Gasteiger partial charge in [0.2, 0.25) is 10.0 Å². The molecule has 0 bridgehead atoms. The lowest BCUT2D eigenvalue weighted by atomic mass is 9.93. The maximum absolute atomic E-state index is 12.6. The fourth-order valence-corrected chi connectivity index (χ4v) is 3.85. The maximum Gasteiger partial charge on any atom is 0.246 e. The van der Waals surface area contributed by atoms with Gasteiger partial charge >= 0.3 is 0 Å². The zero-order valence-electron chi connectivity index (χ0n) is 10.4. The minimum absolute atomic E-state index is 0.0484. The van der Waals surface area contributed by atoms with Crippen molar-refractivity contribution >= 4 is 10.0 Å². The van der Waals surface area contributed by atoms with Crippen LogP contribution < -0.4 is 0 Å². The third-order valence-electron chi connectivity index (χ3n) is 3.27. The van der Waals surface area contributed by atoms with Crippen LogP contribution in [0.15, 0.2) is 23.2 Å². The van der Waals surface area contributed by atoms with Crippen molar-refractivity contribution in [2.45, 2.75) is 30.2 Å². The Kier molecular flexibility index (Phi) is 4.14. The van der Waals surface area contributed by atoms with Crippen LogP contribution in [0, 0.1) is 11.3 Å². The number of pyridine rings is 1. The lowest BCUT2D eigenvalue weighted by Crippen LogP contribution is -2.45. The van der Waals surface area contributed by atoms with E-state index in [9.17, 15) is 8.42 Å². The molecule has 0 aromatic carbocycles. The summed E-state index contributed by atoms with van der Waals surface area (Å²) in [6.07, 6.45) is 3.96. The average molecular weight is 281 g/mol. The molecule has 0 amide bonds. The second-order valence-electron chi connectivity index (χ2n) is 4.39. The fraction of sp³-hybridized carbons (Fsp3) is 0.500. The van der Waals surface area contributed by atoms with Crippen LogP contribution in [0.1, 0.15) is 25.0 Å². The Labute approximate surface area is 112 Å². The number of aliphatic hydroxyl groups is 1. The second kappa shape index (κ2) is 5.65. The van der Waals surface area contributed by atoms with Crippen molar-refractivity contribution in [3.8, 4) is 6.07 Å². The molecule has 0 unspecified atom stereocenters. The lowest BCUT2D eigenvalue weighted by Gasteiger charge is -2.36. The van der Waals surface area contributed by atoms with Gasteiger partial charge in [-0.25, -0.2) is 13.4 Å². The molecule has 0 spiro atoms. The molecule has 1 saturated carbocycles. The molecule has 0 saturated heterocycles. The van der Waals surface area contributed by atoms with Crippen LogP contribution in [0.5, 0.6) is 0 Å². The maximum atomic E-state index is 12.6. The molecule has 1 aromatic rings. The normalized spacial score (nSPS) is 16.1. The highest BCUT2D eigenvalue weighted by atomic mass is 32.2. The van der Waals surface area contributed by atoms with Crippen molar-refractivity contribution in [3.05, 3.63) is 24.0 Å². The number of aromatic nitrogens is 1. The Hall–Kier alpha value is -1.49. The first kappa shape index (κ1) is 13.9. The summed E-state index contributed by atoms with van der Waals surface area (Å²) in [6.45, 7) is -0.190. The molecule has 0 aliphatic heterocycles. The molecule has 1 fully saturated rings. The van der Waals surface area contributed by atoms with Crippen molar-refractivity contribution in [3.63, 3.8) is 0 Å². The summed E-state index contributed by atoms with van der Waals surface area (Å²) in [5.74, 6) is 0. The van der Waals surface area contributed by atoms with Gasteiger partial charge in [0, 0.05) is 18.8 Å². The van der Waals surface area contributed by atoms with E-state index in [1.807, 2.05) is 0 Å². The van der Waals surface area contributed by atoms with Gasteiger partial charge in [-0.3, -0.25) is 0 Å². The molecular weight excluding hydrogens is 266 g/mol. The molecule has 1 aliphatic carbocycles. The Balaban J connectivity index is 2.41. The number of hydrogen-bond acceptors (Lipinski definition) is 5. The molecule has 0 radical (unpaired) electrons. The summed E-state index contributed by atoms with van der Waals surface area (Å²) < 4.78 is 26.4. The first-order valence-electron chi connectivity index (χ1n) is 6.09. The van der Waals surface area contributed by atoms with Gasteiger partial charge in [0.05, 0.1) is 6.61 Å². The highest BCUT2D eigenvalue weighted by Crippen LogP contribution is 2.30. The summed E-state index contributed by atoms with van der Waals surface area (Å²) in [7, 11) is -3.78. The zero-order valence-corrected chi connectivity index (χ0v) is 11.2. The largest absolute Gasteiger partial charge is 0.395 e. The minimum atomic E-state index is -3.78. The lowest BCUT2D eigenvalue weighted by molar-refractivity contribution is 0.178. The van der Waals surface area contributed by atoms with Crippen molar-refractivity contribution in [2.75, 3.05) is 13.2 Å². The first-order valence-corrected chi connectivity index (χ1v) is 7.53. The van der Waals surface area contributed by atoms with E-state index < -0.39 is 10.0 Å². The van der Waals surface area contributed by atoms with Gasteiger partial charge in [-0.1, -0.05) is 6.42 Å². The Morgan fingerprint density at radius 3 is 2.79 bits per heavy atom. The quantitative estimate of drug-likeness (QED) is 0.847. The molecule has 1 aromatic heterocycles. The smallest absolute Gasteiger partial charge is 0.246 e. The van der Waals surface area contributed by atoms with Gasteiger partial charge in [-0.2, -0.15) is 9.57 Å². The SMILES string of the molecule is N#Cc1ncccc1S(=O)(=O)N(CCO)C1CCC1. The highest BCUT2D eigenvalue weighted by Gasteiger charge is 2.35. The standard InChI is InChI=1S/C12H15N3O3S/c13-9-11-12(5-2-6-14-11)19(17,18)15(7-8-16)10-3-1-4-10/h2,5-6,10,16H,1,3-4,7-8H2. The van der Waals surface area contributed by atoms with Crippen LogP contribution in [0.3, 0.4) is 0 Å².